The molecule has 164 valence electrons. The average molecular weight is 436 g/mol. The number of aryl methyl sites for hydroxylation is 1. The summed E-state index contributed by atoms with van der Waals surface area (Å²) in [6, 6.07) is 19.1. The molecule has 0 spiro atoms. The van der Waals surface area contributed by atoms with Crippen LogP contribution in [0.2, 0.25) is 0 Å². The fourth-order valence-electron chi connectivity index (χ4n) is 4.56. The molecule has 0 saturated carbocycles. The van der Waals surface area contributed by atoms with Gasteiger partial charge in [-0.1, -0.05) is 35.9 Å². The highest BCUT2D eigenvalue weighted by atomic mass is 16.5. The Morgan fingerprint density at radius 2 is 1.79 bits per heavy atom. The molecule has 0 atom stereocenters. The van der Waals surface area contributed by atoms with Crippen molar-refractivity contribution in [1.29, 1.82) is 0 Å². The summed E-state index contributed by atoms with van der Waals surface area (Å²) < 4.78 is 5.44. The van der Waals surface area contributed by atoms with Crippen LogP contribution in [0.3, 0.4) is 0 Å². The minimum atomic E-state index is 0.802. The van der Waals surface area contributed by atoms with Gasteiger partial charge >= 0.3 is 0 Å². The molecule has 33 heavy (non-hydrogen) atoms. The molecule has 6 rings (SSSR count). The van der Waals surface area contributed by atoms with Gasteiger partial charge in [0.1, 0.15) is 5.69 Å². The van der Waals surface area contributed by atoms with Gasteiger partial charge in [0, 0.05) is 47.7 Å². The predicted octanol–water partition coefficient (Wildman–Crippen LogP) is 4.98. The van der Waals surface area contributed by atoms with E-state index in [0.717, 1.165) is 82.7 Å². The number of hydrogen-bond donors (Lipinski definition) is 1. The second-order valence-electron chi connectivity index (χ2n) is 8.65. The van der Waals surface area contributed by atoms with E-state index in [9.17, 15) is 0 Å². The van der Waals surface area contributed by atoms with Crippen molar-refractivity contribution < 1.29 is 4.74 Å². The van der Waals surface area contributed by atoms with Gasteiger partial charge in [0.05, 0.1) is 36.1 Å². The quantitative estimate of drug-likeness (QED) is 0.431. The Labute approximate surface area is 192 Å². The number of H-pyrrole nitrogens is 1. The molecule has 1 aliphatic heterocycles. The largest absolute Gasteiger partial charge is 0.379 e. The minimum absolute atomic E-state index is 0.802. The van der Waals surface area contributed by atoms with Gasteiger partial charge in [-0.05, 0) is 36.8 Å². The third-order valence-electron chi connectivity index (χ3n) is 6.33. The molecule has 4 heterocycles. The van der Waals surface area contributed by atoms with Crippen LogP contribution in [-0.2, 0) is 11.3 Å². The molecule has 6 nitrogen and oxygen atoms in total. The van der Waals surface area contributed by atoms with Crippen molar-refractivity contribution in [3.05, 3.63) is 78.2 Å². The molecule has 1 saturated heterocycles. The van der Waals surface area contributed by atoms with E-state index in [4.69, 9.17) is 9.72 Å². The Hall–Kier alpha value is -3.61. The third-order valence-corrected chi connectivity index (χ3v) is 6.33. The molecule has 0 aliphatic carbocycles. The summed E-state index contributed by atoms with van der Waals surface area (Å²) in [4.78, 5) is 11.8. The van der Waals surface area contributed by atoms with Gasteiger partial charge in [-0.3, -0.25) is 20.0 Å². The first kappa shape index (κ1) is 20.0. The van der Waals surface area contributed by atoms with Gasteiger partial charge in [0.2, 0.25) is 0 Å². The Morgan fingerprint density at radius 3 is 2.61 bits per heavy atom. The lowest BCUT2D eigenvalue weighted by molar-refractivity contribution is 0.0336. The Kier molecular flexibility index (Phi) is 5.09. The van der Waals surface area contributed by atoms with Crippen LogP contribution in [0.5, 0.6) is 0 Å². The van der Waals surface area contributed by atoms with Crippen molar-refractivity contribution in [2.45, 2.75) is 13.5 Å². The highest BCUT2D eigenvalue weighted by molar-refractivity contribution is 6.11. The first-order valence-corrected chi connectivity index (χ1v) is 11.3. The summed E-state index contributed by atoms with van der Waals surface area (Å²) in [6.07, 6.45) is 3.84. The molecule has 0 radical (unpaired) electrons. The molecule has 2 aromatic carbocycles. The number of hydrogen-bond acceptors (Lipinski definition) is 5. The number of aromatic nitrogens is 4. The lowest BCUT2D eigenvalue weighted by Crippen LogP contribution is -2.35. The maximum absolute atomic E-state index is 5.44. The first-order valence-electron chi connectivity index (χ1n) is 11.3. The number of benzene rings is 2. The van der Waals surface area contributed by atoms with Crippen LogP contribution in [0.1, 0.15) is 11.3 Å². The van der Waals surface area contributed by atoms with Crippen molar-refractivity contribution >= 4 is 21.8 Å². The number of rotatable bonds is 4. The standard InChI is InChI=1S/C27H25N5O/c1-18-3-2-4-20(13-18)27-26-23-14-19(6-8-24(23)29-16-25(26)30-31-27)21-5-7-22(28-15-21)17-32-9-11-33-12-10-32/h2-8,13-16H,9-12,17H2,1H3,(H,30,31). The van der Waals surface area contributed by atoms with E-state index in [0.29, 0.717) is 0 Å². The number of ether oxygens (including phenoxy) is 1. The third kappa shape index (κ3) is 3.88. The zero-order valence-corrected chi connectivity index (χ0v) is 18.6. The highest BCUT2D eigenvalue weighted by Gasteiger charge is 2.14. The fraction of sp³-hybridized carbons (Fsp3) is 0.222. The van der Waals surface area contributed by atoms with Gasteiger partial charge in [-0.2, -0.15) is 5.10 Å². The number of fused-ring (bicyclic) bond motifs is 3. The summed E-state index contributed by atoms with van der Waals surface area (Å²) in [6.45, 7) is 6.50. The maximum Gasteiger partial charge on any atom is 0.101 e. The summed E-state index contributed by atoms with van der Waals surface area (Å²) in [5.41, 5.74) is 8.48. The SMILES string of the molecule is Cc1cccc(-c2n[nH]c3cnc4ccc(-c5ccc(CN6CCOCC6)nc5)cc4c23)c1. The zero-order chi connectivity index (χ0) is 22.2. The second kappa shape index (κ2) is 8.39. The van der Waals surface area contributed by atoms with Crippen LogP contribution in [0.15, 0.2) is 67.0 Å². The van der Waals surface area contributed by atoms with Crippen molar-refractivity contribution in [3.8, 4) is 22.4 Å². The van der Waals surface area contributed by atoms with E-state index in [2.05, 4.69) is 81.6 Å². The average Bonchev–Trinajstić information content (AvgIpc) is 3.30. The Balaban J connectivity index is 1.39. The Bertz CT molecular complexity index is 1430. The fourth-order valence-corrected chi connectivity index (χ4v) is 4.56. The zero-order valence-electron chi connectivity index (χ0n) is 18.6. The van der Waals surface area contributed by atoms with E-state index in [1.54, 1.807) is 0 Å². The van der Waals surface area contributed by atoms with Crippen LogP contribution < -0.4 is 0 Å². The van der Waals surface area contributed by atoms with Gasteiger partial charge in [0.15, 0.2) is 0 Å². The molecule has 0 amide bonds. The first-order chi connectivity index (χ1) is 16.2. The number of nitrogens with one attached hydrogen (secondary N) is 1. The van der Waals surface area contributed by atoms with Crippen LogP contribution in [0, 0.1) is 6.92 Å². The summed E-state index contributed by atoms with van der Waals surface area (Å²) in [7, 11) is 0. The monoisotopic (exact) mass is 435 g/mol. The molecule has 6 heteroatoms. The second-order valence-corrected chi connectivity index (χ2v) is 8.65. The molecule has 1 N–H and O–H groups in total. The summed E-state index contributed by atoms with van der Waals surface area (Å²) >= 11 is 0. The number of pyridine rings is 2. The van der Waals surface area contributed by atoms with Crippen molar-refractivity contribution in [3.63, 3.8) is 0 Å². The van der Waals surface area contributed by atoms with E-state index in [1.165, 1.54) is 5.56 Å². The molecule has 3 aromatic heterocycles. The molecular formula is C27H25N5O. The molecule has 0 bridgehead atoms. The van der Waals surface area contributed by atoms with Crippen LogP contribution >= 0.6 is 0 Å². The lowest BCUT2D eigenvalue weighted by atomic mass is 9.99. The van der Waals surface area contributed by atoms with E-state index in [-0.39, 0.29) is 0 Å². The van der Waals surface area contributed by atoms with Gasteiger partial charge in [-0.25, -0.2) is 0 Å². The van der Waals surface area contributed by atoms with E-state index >= 15 is 0 Å². The van der Waals surface area contributed by atoms with E-state index in [1.807, 2.05) is 12.4 Å². The normalized spacial score (nSPS) is 14.8. The number of nitrogens with zero attached hydrogens (tertiary/aromatic N) is 4. The van der Waals surface area contributed by atoms with E-state index < -0.39 is 0 Å². The maximum atomic E-state index is 5.44. The van der Waals surface area contributed by atoms with Crippen molar-refractivity contribution in [2.75, 3.05) is 26.3 Å². The van der Waals surface area contributed by atoms with Crippen LogP contribution in [0.4, 0.5) is 0 Å². The topological polar surface area (TPSA) is 66.9 Å². The smallest absolute Gasteiger partial charge is 0.101 e. The van der Waals surface area contributed by atoms with Crippen molar-refractivity contribution in [2.24, 2.45) is 0 Å². The number of aromatic amines is 1. The highest BCUT2D eigenvalue weighted by Crippen LogP contribution is 2.34. The van der Waals surface area contributed by atoms with Crippen molar-refractivity contribution in [1.82, 2.24) is 25.1 Å². The number of morpholine rings is 1. The molecule has 1 aliphatic rings. The Morgan fingerprint density at radius 1 is 0.909 bits per heavy atom. The minimum Gasteiger partial charge on any atom is -0.379 e. The van der Waals surface area contributed by atoms with Crippen LogP contribution in [0.25, 0.3) is 44.2 Å². The lowest BCUT2D eigenvalue weighted by Gasteiger charge is -2.26. The molecular weight excluding hydrogens is 410 g/mol. The van der Waals surface area contributed by atoms with Crippen LogP contribution in [-0.4, -0.2) is 51.4 Å². The molecule has 0 unspecified atom stereocenters. The van der Waals surface area contributed by atoms with Gasteiger partial charge in [0.25, 0.3) is 0 Å². The van der Waals surface area contributed by atoms with Gasteiger partial charge in [-0.15, -0.1) is 0 Å². The van der Waals surface area contributed by atoms with Gasteiger partial charge < -0.3 is 4.74 Å². The summed E-state index contributed by atoms with van der Waals surface area (Å²) in [5.74, 6) is 0. The molecule has 1 fully saturated rings. The molecule has 5 aromatic rings. The predicted molar refractivity (Wildman–Crippen MR) is 131 cm³/mol. The summed E-state index contributed by atoms with van der Waals surface area (Å²) in [5, 5.41) is 9.99.